The van der Waals surface area contributed by atoms with Crippen LogP contribution in [0.3, 0.4) is 0 Å². The Morgan fingerprint density at radius 3 is 2.64 bits per heavy atom. The van der Waals surface area contributed by atoms with E-state index in [4.69, 9.17) is 22.7 Å². The number of nitrogens with two attached hydrogens (primary N) is 1. The lowest BCUT2D eigenvalue weighted by molar-refractivity contribution is -0.137. The zero-order valence-corrected chi connectivity index (χ0v) is 12.1. The van der Waals surface area contributed by atoms with Crippen molar-refractivity contribution in [2.24, 2.45) is 5.73 Å². The molecule has 0 saturated carbocycles. The molecule has 4 nitrogen and oxygen atoms in total. The molecule has 1 heterocycles. The topological polar surface area (TPSA) is 70.2 Å². The summed E-state index contributed by atoms with van der Waals surface area (Å²) < 4.78 is 38.5. The standard InChI is InChI=1S/C14H13ClF3N3O/c15-12-9(2-1-3-10(12)14(16,17)18)13(22)21-5-4-8(6-19)11(20)7-21/h1-3,6,19H,4-5,7,20H2. The third kappa shape index (κ3) is 3.09. The molecule has 0 radical (unpaired) electrons. The molecule has 118 valence electrons. The summed E-state index contributed by atoms with van der Waals surface area (Å²) in [5.74, 6) is -0.608. The molecule has 1 aromatic carbocycles. The molecule has 0 aromatic heterocycles. The lowest BCUT2D eigenvalue weighted by atomic mass is 10.0. The highest BCUT2D eigenvalue weighted by Gasteiger charge is 2.35. The van der Waals surface area contributed by atoms with Gasteiger partial charge < -0.3 is 16.0 Å². The van der Waals surface area contributed by atoms with Crippen molar-refractivity contribution in [2.45, 2.75) is 12.6 Å². The zero-order valence-electron chi connectivity index (χ0n) is 11.4. The van der Waals surface area contributed by atoms with Crippen LogP contribution in [0.5, 0.6) is 0 Å². The molecule has 1 aliphatic heterocycles. The summed E-state index contributed by atoms with van der Waals surface area (Å²) in [6.07, 6.45) is -3.12. The van der Waals surface area contributed by atoms with E-state index in [1.165, 1.54) is 11.0 Å². The van der Waals surface area contributed by atoms with Crippen molar-refractivity contribution >= 4 is 23.7 Å². The van der Waals surface area contributed by atoms with Gasteiger partial charge in [0.05, 0.1) is 22.7 Å². The minimum absolute atomic E-state index is 0.0656. The molecule has 0 atom stereocenters. The molecule has 0 aliphatic carbocycles. The van der Waals surface area contributed by atoms with Gasteiger partial charge in [-0.15, -0.1) is 0 Å². The molecule has 0 unspecified atom stereocenters. The van der Waals surface area contributed by atoms with Crippen LogP contribution in [-0.2, 0) is 6.18 Å². The predicted octanol–water partition coefficient (Wildman–Crippen LogP) is 3.07. The van der Waals surface area contributed by atoms with Crippen molar-refractivity contribution in [3.05, 3.63) is 45.6 Å². The van der Waals surface area contributed by atoms with Gasteiger partial charge in [-0.2, -0.15) is 13.2 Å². The van der Waals surface area contributed by atoms with Gasteiger partial charge >= 0.3 is 6.18 Å². The largest absolute Gasteiger partial charge is 0.417 e. The molecule has 0 spiro atoms. The van der Waals surface area contributed by atoms with Crippen molar-refractivity contribution in [2.75, 3.05) is 13.1 Å². The Bertz CT molecular complexity index is 655. The first-order valence-corrected chi connectivity index (χ1v) is 6.76. The van der Waals surface area contributed by atoms with Crippen LogP contribution in [-0.4, -0.2) is 30.1 Å². The highest BCUT2D eigenvalue weighted by Crippen LogP contribution is 2.36. The lowest BCUT2D eigenvalue weighted by Gasteiger charge is -2.28. The maximum Gasteiger partial charge on any atom is 0.417 e. The summed E-state index contributed by atoms with van der Waals surface area (Å²) in [6, 6.07) is 3.23. The fourth-order valence-electron chi connectivity index (χ4n) is 2.23. The minimum atomic E-state index is -4.62. The van der Waals surface area contributed by atoms with Crippen molar-refractivity contribution in [1.29, 1.82) is 5.41 Å². The first-order valence-electron chi connectivity index (χ1n) is 6.38. The molecule has 8 heteroatoms. The molecule has 22 heavy (non-hydrogen) atoms. The second-order valence-corrected chi connectivity index (χ2v) is 5.21. The van der Waals surface area contributed by atoms with Crippen LogP contribution < -0.4 is 5.73 Å². The number of carbonyl (C=O) groups excluding carboxylic acids is 1. The van der Waals surface area contributed by atoms with Crippen LogP contribution in [0.15, 0.2) is 29.5 Å². The summed E-state index contributed by atoms with van der Waals surface area (Å²) in [7, 11) is 0. The molecule has 1 aromatic rings. The Morgan fingerprint density at radius 1 is 1.41 bits per heavy atom. The Labute approximate surface area is 129 Å². The second-order valence-electron chi connectivity index (χ2n) is 4.84. The number of nitrogens with zero attached hydrogens (tertiary/aromatic N) is 1. The van der Waals surface area contributed by atoms with Crippen molar-refractivity contribution in [1.82, 2.24) is 4.90 Å². The fourth-order valence-corrected chi connectivity index (χ4v) is 2.54. The molecule has 2 rings (SSSR count). The maximum atomic E-state index is 12.8. The number of benzene rings is 1. The molecular formula is C14H13ClF3N3O. The van der Waals surface area contributed by atoms with E-state index in [0.717, 1.165) is 18.3 Å². The minimum Gasteiger partial charge on any atom is -0.400 e. The quantitative estimate of drug-likeness (QED) is 0.818. The highest BCUT2D eigenvalue weighted by atomic mass is 35.5. The van der Waals surface area contributed by atoms with Crippen molar-refractivity contribution < 1.29 is 18.0 Å². The van der Waals surface area contributed by atoms with E-state index in [-0.39, 0.29) is 18.7 Å². The van der Waals surface area contributed by atoms with Gasteiger partial charge in [0, 0.05) is 18.5 Å². The van der Waals surface area contributed by atoms with Crippen molar-refractivity contribution in [3.63, 3.8) is 0 Å². The van der Waals surface area contributed by atoms with E-state index in [1.54, 1.807) is 0 Å². The fraction of sp³-hybridized carbons (Fsp3) is 0.286. The number of alkyl halides is 3. The second kappa shape index (κ2) is 6.00. The van der Waals surface area contributed by atoms with Crippen LogP contribution in [0.1, 0.15) is 22.3 Å². The summed E-state index contributed by atoms with van der Waals surface area (Å²) in [5.41, 5.74) is 5.49. The average molecular weight is 332 g/mol. The first kappa shape index (κ1) is 16.4. The van der Waals surface area contributed by atoms with E-state index in [2.05, 4.69) is 0 Å². The monoisotopic (exact) mass is 331 g/mol. The molecule has 3 N–H and O–H groups in total. The van der Waals surface area contributed by atoms with E-state index >= 15 is 0 Å². The zero-order chi connectivity index (χ0) is 16.5. The van der Waals surface area contributed by atoms with Gasteiger partial charge in [0.25, 0.3) is 5.91 Å². The normalized spacial score (nSPS) is 15.9. The van der Waals surface area contributed by atoms with Gasteiger partial charge in [0.1, 0.15) is 0 Å². The first-order chi connectivity index (χ1) is 10.3. The third-order valence-corrected chi connectivity index (χ3v) is 3.83. The Kier molecular flexibility index (Phi) is 4.46. The van der Waals surface area contributed by atoms with E-state index < -0.39 is 22.7 Å². The highest BCUT2D eigenvalue weighted by molar-refractivity contribution is 6.34. The summed E-state index contributed by atoms with van der Waals surface area (Å²) >= 11 is 5.75. The van der Waals surface area contributed by atoms with Gasteiger partial charge in [-0.3, -0.25) is 4.79 Å². The van der Waals surface area contributed by atoms with Gasteiger partial charge in [-0.25, -0.2) is 0 Å². The Hall–Kier alpha value is -2.02. The smallest absolute Gasteiger partial charge is 0.400 e. The number of amides is 1. The Morgan fingerprint density at radius 2 is 2.09 bits per heavy atom. The van der Waals surface area contributed by atoms with E-state index in [0.29, 0.717) is 17.7 Å². The molecule has 0 saturated heterocycles. The van der Waals surface area contributed by atoms with E-state index in [9.17, 15) is 18.0 Å². The number of rotatable bonds is 2. The number of nitrogens with one attached hydrogen (secondary N) is 1. The molecule has 1 aliphatic rings. The van der Waals surface area contributed by atoms with Gasteiger partial charge in [-0.1, -0.05) is 17.7 Å². The molecule has 0 fully saturated rings. The number of hydrogen-bond acceptors (Lipinski definition) is 3. The van der Waals surface area contributed by atoms with Crippen LogP contribution in [0, 0.1) is 5.41 Å². The summed E-state index contributed by atoms with van der Waals surface area (Å²) in [5, 5.41) is 6.57. The van der Waals surface area contributed by atoms with Gasteiger partial charge in [0.15, 0.2) is 0 Å². The van der Waals surface area contributed by atoms with Gasteiger partial charge in [-0.05, 0) is 24.1 Å². The summed E-state index contributed by atoms with van der Waals surface area (Å²) in [6.45, 7) is 0.340. The molecule has 1 amide bonds. The number of carbonyl (C=O) groups is 1. The van der Waals surface area contributed by atoms with Crippen LogP contribution in [0.4, 0.5) is 13.2 Å². The average Bonchev–Trinajstić information content (AvgIpc) is 2.45. The van der Waals surface area contributed by atoms with Gasteiger partial charge in [0.2, 0.25) is 0 Å². The summed E-state index contributed by atoms with van der Waals surface area (Å²) in [4.78, 5) is 13.7. The van der Waals surface area contributed by atoms with E-state index in [1.807, 2.05) is 0 Å². The van der Waals surface area contributed by atoms with Crippen LogP contribution in [0.25, 0.3) is 0 Å². The third-order valence-electron chi connectivity index (χ3n) is 3.42. The van der Waals surface area contributed by atoms with Crippen LogP contribution >= 0.6 is 11.6 Å². The molecular weight excluding hydrogens is 319 g/mol. The number of halogens is 4. The molecule has 0 bridgehead atoms. The Balaban J connectivity index is 2.32. The lowest BCUT2D eigenvalue weighted by Crippen LogP contribution is -2.39. The van der Waals surface area contributed by atoms with Crippen LogP contribution in [0.2, 0.25) is 5.02 Å². The predicted molar refractivity (Wildman–Crippen MR) is 77.0 cm³/mol. The van der Waals surface area contributed by atoms with Crippen molar-refractivity contribution in [3.8, 4) is 0 Å². The number of hydrogen-bond donors (Lipinski definition) is 2. The maximum absolute atomic E-state index is 12.8. The SMILES string of the molecule is N=CC1=C(N)CN(C(=O)c2cccc(C(F)(F)F)c2Cl)CC1.